The quantitative estimate of drug-likeness (QED) is 0.353. The molecule has 0 aromatic rings. The van der Waals surface area contributed by atoms with E-state index in [4.69, 9.17) is 10.5 Å². The molecule has 0 fully saturated rings. The van der Waals surface area contributed by atoms with E-state index < -0.39 is 18.0 Å². The summed E-state index contributed by atoms with van der Waals surface area (Å²) in [6, 6.07) is -0.823. The molecule has 0 unspecified atom stereocenters. The molecule has 0 bridgehead atoms. The number of hydrogen-bond donors (Lipinski definition) is 1. The monoisotopic (exact) mass is 245 g/mol. The average Bonchev–Trinajstić information content (AvgIpc) is 2.33. The Kier molecular flexibility index (Phi) is 8.95. The van der Waals surface area contributed by atoms with E-state index in [9.17, 15) is 14.4 Å². The molecule has 6 nitrogen and oxygen atoms in total. The molecule has 0 aromatic carbocycles. The van der Waals surface area contributed by atoms with Crippen molar-refractivity contribution in [3.05, 3.63) is 0 Å². The molecule has 0 amide bonds. The van der Waals surface area contributed by atoms with E-state index in [1.807, 2.05) is 6.92 Å². The Morgan fingerprint density at radius 2 is 2.06 bits per heavy atom. The molecule has 0 saturated carbocycles. The summed E-state index contributed by atoms with van der Waals surface area (Å²) in [6.07, 6.45) is 2.36. The number of esters is 2. The maximum atomic E-state index is 11.3. The van der Waals surface area contributed by atoms with Gasteiger partial charge in [0.25, 0.3) is 0 Å². The zero-order valence-corrected chi connectivity index (χ0v) is 10.0. The highest BCUT2D eigenvalue weighted by Gasteiger charge is 2.16. The Balaban J connectivity index is 3.69. The maximum absolute atomic E-state index is 11.3. The predicted molar refractivity (Wildman–Crippen MR) is 60.1 cm³/mol. The van der Waals surface area contributed by atoms with Crippen LogP contribution in [0.3, 0.4) is 0 Å². The first-order chi connectivity index (χ1) is 8.11. The van der Waals surface area contributed by atoms with E-state index >= 15 is 0 Å². The van der Waals surface area contributed by atoms with Crippen LogP contribution >= 0.6 is 0 Å². The van der Waals surface area contributed by atoms with Crippen molar-refractivity contribution in [2.45, 2.75) is 38.6 Å². The summed E-state index contributed by atoms with van der Waals surface area (Å²) in [5.74, 6) is -1.06. The number of aldehydes is 1. The van der Waals surface area contributed by atoms with E-state index in [0.717, 1.165) is 12.8 Å². The van der Waals surface area contributed by atoms with Gasteiger partial charge in [0, 0.05) is 6.42 Å². The van der Waals surface area contributed by atoms with Crippen molar-refractivity contribution < 1.29 is 23.9 Å². The Morgan fingerprint density at radius 1 is 1.35 bits per heavy atom. The second-order valence-corrected chi connectivity index (χ2v) is 3.52. The van der Waals surface area contributed by atoms with Gasteiger partial charge in [-0.2, -0.15) is 0 Å². The highest BCUT2D eigenvalue weighted by molar-refractivity contribution is 5.77. The number of unbranched alkanes of at least 4 members (excludes halogenated alkanes) is 1. The first-order valence-corrected chi connectivity index (χ1v) is 5.63. The van der Waals surface area contributed by atoms with Crippen LogP contribution in [-0.2, 0) is 23.9 Å². The Hall–Kier alpha value is -1.43. The molecule has 6 heteroatoms. The molecule has 0 aliphatic carbocycles. The second-order valence-electron chi connectivity index (χ2n) is 3.52. The molecule has 2 N–H and O–H groups in total. The number of nitrogens with two attached hydrogens (primary N) is 1. The molecule has 1 atom stereocenters. The van der Waals surface area contributed by atoms with E-state index in [1.54, 1.807) is 0 Å². The van der Waals surface area contributed by atoms with Gasteiger partial charge in [0.15, 0.2) is 6.29 Å². The molecule has 17 heavy (non-hydrogen) atoms. The predicted octanol–water partition coefficient (Wildman–Crippen LogP) is 0.179. The lowest BCUT2D eigenvalue weighted by atomic mass is 10.2. The zero-order chi connectivity index (χ0) is 13.1. The topological polar surface area (TPSA) is 95.7 Å². The van der Waals surface area contributed by atoms with Gasteiger partial charge in [0.2, 0.25) is 0 Å². The van der Waals surface area contributed by atoms with Crippen molar-refractivity contribution in [3.8, 4) is 0 Å². The molecular weight excluding hydrogens is 226 g/mol. The summed E-state index contributed by atoms with van der Waals surface area (Å²) in [5, 5.41) is 0. The van der Waals surface area contributed by atoms with Crippen molar-refractivity contribution >= 4 is 18.2 Å². The van der Waals surface area contributed by atoms with E-state index in [2.05, 4.69) is 4.74 Å². The first kappa shape index (κ1) is 15.6. The van der Waals surface area contributed by atoms with Gasteiger partial charge in [-0.1, -0.05) is 13.3 Å². The van der Waals surface area contributed by atoms with Crippen molar-refractivity contribution in [2.75, 3.05) is 13.2 Å². The number of hydrogen-bond acceptors (Lipinski definition) is 6. The molecule has 0 radical (unpaired) electrons. The number of rotatable bonds is 9. The van der Waals surface area contributed by atoms with Crippen LogP contribution in [0.2, 0.25) is 0 Å². The molecule has 0 spiro atoms. The van der Waals surface area contributed by atoms with E-state index in [0.29, 0.717) is 12.9 Å². The minimum Gasteiger partial charge on any atom is -0.465 e. The lowest BCUT2D eigenvalue weighted by molar-refractivity contribution is -0.147. The standard InChI is InChI=1S/C11H19NO5/c1-2-3-7-17-11(15)9(12)4-5-10(14)16-8-6-13/h6,9H,2-5,7-8,12H2,1H3/t9-/m0/s1. The Morgan fingerprint density at radius 3 is 2.65 bits per heavy atom. The van der Waals surface area contributed by atoms with Crippen LogP contribution in [0.25, 0.3) is 0 Å². The summed E-state index contributed by atoms with van der Waals surface area (Å²) in [6.45, 7) is 2.06. The van der Waals surface area contributed by atoms with Crippen LogP contribution in [0.15, 0.2) is 0 Å². The molecule has 0 saturated heterocycles. The summed E-state index contributed by atoms with van der Waals surface area (Å²) in [4.78, 5) is 32.2. The fraction of sp³-hybridized carbons (Fsp3) is 0.727. The summed E-state index contributed by atoms with van der Waals surface area (Å²) >= 11 is 0. The third-order valence-corrected chi connectivity index (χ3v) is 2.02. The Bertz CT molecular complexity index is 254. The largest absolute Gasteiger partial charge is 0.465 e. The third kappa shape index (κ3) is 8.38. The van der Waals surface area contributed by atoms with Gasteiger partial charge in [-0.05, 0) is 12.8 Å². The molecule has 0 heterocycles. The average molecular weight is 245 g/mol. The summed E-state index contributed by atoms with van der Waals surface area (Å²) in [5.41, 5.74) is 5.52. The second kappa shape index (κ2) is 9.77. The lowest BCUT2D eigenvalue weighted by Gasteiger charge is -2.10. The van der Waals surface area contributed by atoms with Crippen LogP contribution in [0.1, 0.15) is 32.6 Å². The minimum atomic E-state index is -0.823. The molecule has 0 rings (SSSR count). The summed E-state index contributed by atoms with van der Waals surface area (Å²) < 4.78 is 9.39. The van der Waals surface area contributed by atoms with Crippen molar-refractivity contribution in [3.63, 3.8) is 0 Å². The minimum absolute atomic E-state index is 0.00210. The number of ether oxygens (including phenoxy) is 2. The third-order valence-electron chi connectivity index (χ3n) is 2.02. The highest BCUT2D eigenvalue weighted by atomic mass is 16.5. The van der Waals surface area contributed by atoms with Crippen molar-refractivity contribution in [2.24, 2.45) is 5.73 Å². The number of carbonyl (C=O) groups is 3. The number of carbonyl (C=O) groups excluding carboxylic acids is 3. The lowest BCUT2D eigenvalue weighted by Crippen LogP contribution is -2.33. The van der Waals surface area contributed by atoms with E-state index in [1.165, 1.54) is 0 Å². The smallest absolute Gasteiger partial charge is 0.322 e. The fourth-order valence-electron chi connectivity index (χ4n) is 1.01. The Labute approximate surface area is 100 Å². The van der Waals surface area contributed by atoms with Crippen LogP contribution in [0, 0.1) is 0 Å². The van der Waals surface area contributed by atoms with Crippen molar-refractivity contribution in [1.29, 1.82) is 0 Å². The van der Waals surface area contributed by atoms with Gasteiger partial charge in [-0.15, -0.1) is 0 Å². The normalized spacial score (nSPS) is 11.6. The van der Waals surface area contributed by atoms with Gasteiger partial charge < -0.3 is 15.2 Å². The van der Waals surface area contributed by atoms with E-state index in [-0.39, 0.29) is 19.4 Å². The molecule has 0 aliphatic rings. The maximum Gasteiger partial charge on any atom is 0.322 e. The van der Waals surface area contributed by atoms with Crippen LogP contribution in [0.5, 0.6) is 0 Å². The van der Waals surface area contributed by atoms with Crippen LogP contribution in [0.4, 0.5) is 0 Å². The molecule has 0 aromatic heterocycles. The van der Waals surface area contributed by atoms with Crippen LogP contribution in [-0.4, -0.2) is 37.5 Å². The molecule has 98 valence electrons. The van der Waals surface area contributed by atoms with Gasteiger partial charge in [0.05, 0.1) is 6.61 Å². The highest BCUT2D eigenvalue weighted by Crippen LogP contribution is 2.00. The van der Waals surface area contributed by atoms with Gasteiger partial charge in [0.1, 0.15) is 12.6 Å². The van der Waals surface area contributed by atoms with Crippen molar-refractivity contribution in [1.82, 2.24) is 0 Å². The molecular formula is C11H19NO5. The SMILES string of the molecule is CCCCOC(=O)[C@@H](N)CCC(=O)OCC=O. The summed E-state index contributed by atoms with van der Waals surface area (Å²) in [7, 11) is 0. The molecule has 0 aliphatic heterocycles. The van der Waals surface area contributed by atoms with Gasteiger partial charge in [-0.3, -0.25) is 14.4 Å². The van der Waals surface area contributed by atoms with Gasteiger partial charge >= 0.3 is 11.9 Å². The zero-order valence-electron chi connectivity index (χ0n) is 10.0. The first-order valence-electron chi connectivity index (χ1n) is 5.63. The fourth-order valence-corrected chi connectivity index (χ4v) is 1.01. The van der Waals surface area contributed by atoms with Gasteiger partial charge in [-0.25, -0.2) is 0 Å². The van der Waals surface area contributed by atoms with Crippen LogP contribution < -0.4 is 5.73 Å².